The van der Waals surface area contributed by atoms with Gasteiger partial charge in [0.25, 0.3) is 5.91 Å². The van der Waals surface area contributed by atoms with Gasteiger partial charge in [-0.2, -0.15) is 0 Å². The van der Waals surface area contributed by atoms with Crippen molar-refractivity contribution in [3.05, 3.63) is 95.5 Å². The number of carbonyl (C=O) groups is 1. The van der Waals surface area contributed by atoms with E-state index in [9.17, 15) is 21.6 Å². The highest BCUT2D eigenvalue weighted by atomic mass is 32.2. The van der Waals surface area contributed by atoms with Crippen molar-refractivity contribution < 1.29 is 21.6 Å². The molecule has 228 valence electrons. The Morgan fingerprint density at radius 2 is 1.50 bits per heavy atom. The first-order chi connectivity index (χ1) is 20.6. The lowest BCUT2D eigenvalue weighted by Crippen LogP contribution is -2.29. The van der Waals surface area contributed by atoms with Gasteiger partial charge in [0.15, 0.2) is 19.7 Å². The van der Waals surface area contributed by atoms with E-state index in [0.717, 1.165) is 43.6 Å². The van der Waals surface area contributed by atoms with E-state index in [4.69, 9.17) is 0 Å². The van der Waals surface area contributed by atoms with Gasteiger partial charge in [0.2, 0.25) is 0 Å². The van der Waals surface area contributed by atoms with Crippen molar-refractivity contribution >= 4 is 47.8 Å². The third-order valence-corrected chi connectivity index (χ3v) is 12.1. The van der Waals surface area contributed by atoms with Crippen LogP contribution in [0.15, 0.2) is 90.0 Å². The molecule has 0 saturated carbocycles. The van der Waals surface area contributed by atoms with E-state index in [1.807, 2.05) is 68.4 Å². The summed E-state index contributed by atoms with van der Waals surface area (Å²) in [4.78, 5) is 19.3. The smallest absolute Gasteiger partial charge is 0.261 e. The van der Waals surface area contributed by atoms with Gasteiger partial charge in [-0.3, -0.25) is 9.78 Å². The topological polar surface area (TPSA) is 110 Å². The normalized spacial score (nSPS) is 12.5. The quantitative estimate of drug-likeness (QED) is 0.192. The Morgan fingerprint density at radius 1 is 0.818 bits per heavy atom. The number of fused-ring (bicyclic) bond motifs is 1. The van der Waals surface area contributed by atoms with Crippen LogP contribution in [0.3, 0.4) is 0 Å². The highest BCUT2D eigenvalue weighted by molar-refractivity contribution is 7.91. The molecule has 2 heterocycles. The number of carbonyl (C=O) groups excluding carboxylic acids is 1. The van der Waals surface area contributed by atoms with Crippen molar-refractivity contribution in [2.45, 2.75) is 43.4 Å². The van der Waals surface area contributed by atoms with Crippen molar-refractivity contribution in [3.63, 3.8) is 0 Å². The van der Waals surface area contributed by atoms with Gasteiger partial charge in [-0.25, -0.2) is 16.8 Å². The lowest BCUT2D eigenvalue weighted by Gasteiger charge is -2.24. The van der Waals surface area contributed by atoms with Gasteiger partial charge in [-0.15, -0.1) is 11.3 Å². The van der Waals surface area contributed by atoms with Crippen LogP contribution in [0.1, 0.15) is 42.9 Å². The Hall–Kier alpha value is -3.86. The zero-order valence-electron chi connectivity index (χ0n) is 25.4. The minimum Gasteiger partial charge on any atom is -0.349 e. The van der Waals surface area contributed by atoms with Crippen molar-refractivity contribution in [2.24, 2.45) is 0 Å². The molecular formula is C34H34N2O5S3. The fourth-order valence-corrected chi connectivity index (χ4v) is 7.21. The third-order valence-electron chi connectivity index (χ3n) is 7.73. The van der Waals surface area contributed by atoms with Crippen LogP contribution in [0.4, 0.5) is 0 Å². The van der Waals surface area contributed by atoms with Crippen LogP contribution < -0.4 is 5.32 Å². The summed E-state index contributed by atoms with van der Waals surface area (Å²) < 4.78 is 48.6. The first-order valence-electron chi connectivity index (χ1n) is 14.0. The molecule has 0 saturated heterocycles. The molecule has 44 heavy (non-hydrogen) atoms. The lowest BCUT2D eigenvalue weighted by molar-refractivity contribution is 0.0947. The summed E-state index contributed by atoms with van der Waals surface area (Å²) in [5, 5.41) is 3.79. The molecule has 0 aliphatic heterocycles. The van der Waals surface area contributed by atoms with Crippen LogP contribution in [0.5, 0.6) is 0 Å². The van der Waals surface area contributed by atoms with Crippen LogP contribution in [0, 0.1) is 0 Å². The van der Waals surface area contributed by atoms with Crippen LogP contribution in [0.25, 0.3) is 43.6 Å². The molecule has 0 radical (unpaired) electrons. The van der Waals surface area contributed by atoms with E-state index < -0.39 is 24.4 Å². The molecule has 7 nitrogen and oxygen atoms in total. The molecule has 0 unspecified atom stereocenters. The van der Waals surface area contributed by atoms with Gasteiger partial charge in [0.05, 0.1) is 20.0 Å². The molecule has 0 atom stereocenters. The number of pyridine rings is 1. The molecule has 0 aliphatic rings. The van der Waals surface area contributed by atoms with Gasteiger partial charge in [-0.05, 0) is 92.4 Å². The zero-order chi connectivity index (χ0) is 32.0. The number of aromatic nitrogens is 1. The van der Waals surface area contributed by atoms with Crippen LogP contribution in [-0.4, -0.2) is 46.3 Å². The number of thiophene rings is 1. The summed E-state index contributed by atoms with van der Waals surface area (Å²) in [6.45, 7) is 7.21. The third kappa shape index (κ3) is 6.20. The Balaban J connectivity index is 1.70. The van der Waals surface area contributed by atoms with Gasteiger partial charge in [-0.1, -0.05) is 36.4 Å². The molecule has 10 heteroatoms. The Labute approximate surface area is 262 Å². The molecule has 1 N–H and O–H groups in total. The fraction of sp³-hybridized carbons (Fsp3) is 0.235. The second-order valence-corrected chi connectivity index (χ2v) is 17.4. The van der Waals surface area contributed by atoms with Gasteiger partial charge < -0.3 is 5.32 Å². The number of amides is 1. The summed E-state index contributed by atoms with van der Waals surface area (Å²) in [5.41, 5.74) is 5.49. The molecule has 0 fully saturated rings. The summed E-state index contributed by atoms with van der Waals surface area (Å²) in [7, 11) is -6.80. The molecule has 2 aromatic heterocycles. The number of rotatable bonds is 8. The molecule has 1 amide bonds. The molecule has 5 rings (SSSR count). The van der Waals surface area contributed by atoms with E-state index in [2.05, 4.69) is 10.3 Å². The summed E-state index contributed by atoms with van der Waals surface area (Å²) in [6.07, 6.45) is 4.13. The van der Waals surface area contributed by atoms with Crippen molar-refractivity contribution in [1.82, 2.24) is 10.3 Å². The summed E-state index contributed by atoms with van der Waals surface area (Å²) in [5.74, 6) is -0.188. The minimum absolute atomic E-state index is 0.0434. The lowest BCUT2D eigenvalue weighted by atomic mass is 9.92. The van der Waals surface area contributed by atoms with E-state index >= 15 is 0 Å². The average molecular weight is 647 g/mol. The molecule has 0 aliphatic carbocycles. The van der Waals surface area contributed by atoms with Crippen LogP contribution >= 0.6 is 11.3 Å². The van der Waals surface area contributed by atoms with Crippen LogP contribution in [0.2, 0.25) is 0 Å². The number of hydrogen-bond donors (Lipinski definition) is 1. The summed E-state index contributed by atoms with van der Waals surface area (Å²) in [6, 6.07) is 23.9. The first-order valence-corrected chi connectivity index (χ1v) is 18.6. The van der Waals surface area contributed by atoms with E-state index in [1.54, 1.807) is 44.3 Å². The summed E-state index contributed by atoms with van der Waals surface area (Å²) >= 11 is 1.36. The zero-order valence-corrected chi connectivity index (χ0v) is 27.8. The standard InChI is InChI=1S/C34H34N2O5S3/c1-21(2)36-33(37)30-20-29(22-12-14-27(15-13-22)43(5,38)39)32(42-30)25-10-7-9-23(17-25)28-19-26(34(3,4)44(6,40)41)18-24-11-8-16-35-31(24)28/h7-21H,1-6H3,(H,36,37). The SMILES string of the molecule is CC(C)NC(=O)c1cc(-c2ccc(S(C)(=O)=O)cc2)c(-c2cccc(-c3cc(C(C)(C)S(C)(=O)=O)cc4cccnc34)c2)s1. The van der Waals surface area contributed by atoms with E-state index in [0.29, 0.717) is 10.4 Å². The van der Waals surface area contributed by atoms with Crippen molar-refractivity contribution in [3.8, 4) is 32.7 Å². The van der Waals surface area contributed by atoms with Gasteiger partial charge in [0, 0.05) is 46.1 Å². The fourth-order valence-electron chi connectivity index (χ4n) is 4.95. The second-order valence-electron chi connectivity index (χ2n) is 11.7. The minimum atomic E-state index is -3.43. The highest BCUT2D eigenvalue weighted by Gasteiger charge is 2.33. The Bertz CT molecular complexity index is 2110. The maximum absolute atomic E-state index is 13.1. The average Bonchev–Trinajstić information content (AvgIpc) is 3.41. The largest absolute Gasteiger partial charge is 0.349 e. The Kier molecular flexibility index (Phi) is 8.30. The number of nitrogens with one attached hydrogen (secondary N) is 1. The van der Waals surface area contributed by atoms with Crippen molar-refractivity contribution in [1.29, 1.82) is 0 Å². The van der Waals surface area contributed by atoms with Gasteiger partial charge >= 0.3 is 0 Å². The Morgan fingerprint density at radius 3 is 2.14 bits per heavy atom. The molecule has 5 aromatic rings. The molecule has 3 aromatic carbocycles. The predicted octanol–water partition coefficient (Wildman–Crippen LogP) is 7.12. The molecule has 0 spiro atoms. The maximum Gasteiger partial charge on any atom is 0.261 e. The number of nitrogens with zero attached hydrogens (tertiary/aromatic N) is 1. The van der Waals surface area contributed by atoms with Gasteiger partial charge in [0.1, 0.15) is 0 Å². The second kappa shape index (κ2) is 11.6. The monoisotopic (exact) mass is 646 g/mol. The highest BCUT2D eigenvalue weighted by Crippen LogP contribution is 2.42. The molecular weight excluding hydrogens is 613 g/mol. The predicted molar refractivity (Wildman–Crippen MR) is 180 cm³/mol. The van der Waals surface area contributed by atoms with Crippen molar-refractivity contribution in [2.75, 3.05) is 12.5 Å². The van der Waals surface area contributed by atoms with E-state index in [-0.39, 0.29) is 16.8 Å². The van der Waals surface area contributed by atoms with Crippen LogP contribution in [-0.2, 0) is 24.4 Å². The molecule has 0 bridgehead atoms. The maximum atomic E-state index is 13.1. The number of hydrogen-bond acceptors (Lipinski definition) is 7. The first kappa shape index (κ1) is 31.6. The number of benzene rings is 3. The number of sulfone groups is 2. The van der Waals surface area contributed by atoms with E-state index in [1.165, 1.54) is 23.8 Å².